The lowest BCUT2D eigenvalue weighted by Crippen LogP contribution is -2.17. The van der Waals surface area contributed by atoms with E-state index in [0.29, 0.717) is 12.5 Å². The molecule has 1 heterocycles. The zero-order valence-electron chi connectivity index (χ0n) is 14.4. The third kappa shape index (κ3) is 6.04. The Balaban J connectivity index is 2.78. The van der Waals surface area contributed by atoms with Crippen LogP contribution in [-0.2, 0) is 12.0 Å². The zero-order valence-corrected chi connectivity index (χ0v) is 14.4. The highest BCUT2D eigenvalue weighted by Gasteiger charge is 2.18. The molecule has 0 aromatic carbocycles. The molecular weight excluding hydrogens is 260 g/mol. The molecule has 1 rings (SSSR count). The van der Waals surface area contributed by atoms with Crippen LogP contribution in [-0.4, -0.2) is 11.6 Å². The lowest BCUT2D eigenvalue weighted by molar-refractivity contribution is 0.224. The van der Waals surface area contributed by atoms with Gasteiger partial charge in [0.2, 0.25) is 5.88 Å². The minimum absolute atomic E-state index is 0.00958. The van der Waals surface area contributed by atoms with Gasteiger partial charge in [-0.2, -0.15) is 0 Å². The van der Waals surface area contributed by atoms with Crippen molar-refractivity contribution in [2.75, 3.05) is 6.61 Å². The van der Waals surface area contributed by atoms with Crippen LogP contribution in [0.15, 0.2) is 12.1 Å². The van der Waals surface area contributed by atoms with E-state index in [4.69, 9.17) is 10.5 Å². The SMILES string of the molecule is CCCCC(CC)COc1cc(CN)cc(C(C)(C)C)n1. The van der Waals surface area contributed by atoms with Crippen molar-refractivity contribution in [1.82, 2.24) is 4.98 Å². The summed E-state index contributed by atoms with van der Waals surface area (Å²) < 4.78 is 5.97. The normalized spacial score (nSPS) is 13.2. The molecule has 1 aromatic heterocycles. The Morgan fingerprint density at radius 2 is 1.95 bits per heavy atom. The first-order chi connectivity index (χ1) is 9.90. The number of hydrogen-bond donors (Lipinski definition) is 1. The molecule has 0 fully saturated rings. The summed E-state index contributed by atoms with van der Waals surface area (Å²) in [5.74, 6) is 1.34. The fraction of sp³-hybridized carbons (Fsp3) is 0.722. The Morgan fingerprint density at radius 3 is 2.48 bits per heavy atom. The van der Waals surface area contributed by atoms with Crippen molar-refractivity contribution < 1.29 is 4.74 Å². The third-order valence-electron chi connectivity index (χ3n) is 3.88. The van der Waals surface area contributed by atoms with E-state index < -0.39 is 0 Å². The molecule has 1 atom stereocenters. The van der Waals surface area contributed by atoms with Gasteiger partial charge in [-0.05, 0) is 24.0 Å². The standard InChI is InChI=1S/C18H32N2O/c1-6-8-9-14(7-2)13-21-17-11-15(12-19)10-16(20-17)18(3,4)5/h10-11,14H,6-9,12-13,19H2,1-5H3. The Kier molecular flexibility index (Phi) is 7.16. The van der Waals surface area contributed by atoms with Crippen LogP contribution >= 0.6 is 0 Å². The van der Waals surface area contributed by atoms with Crippen LogP contribution in [0, 0.1) is 5.92 Å². The fourth-order valence-electron chi connectivity index (χ4n) is 2.24. The monoisotopic (exact) mass is 292 g/mol. The molecule has 21 heavy (non-hydrogen) atoms. The molecule has 0 radical (unpaired) electrons. The molecule has 0 saturated carbocycles. The number of unbranched alkanes of at least 4 members (excludes halogenated alkanes) is 1. The van der Waals surface area contributed by atoms with Crippen molar-refractivity contribution in [2.24, 2.45) is 11.7 Å². The molecule has 0 spiro atoms. The predicted octanol–water partition coefficient (Wildman–Crippen LogP) is 4.43. The van der Waals surface area contributed by atoms with E-state index in [9.17, 15) is 0 Å². The summed E-state index contributed by atoms with van der Waals surface area (Å²) in [6.07, 6.45) is 4.90. The molecule has 0 bridgehead atoms. The molecule has 0 amide bonds. The fourth-order valence-corrected chi connectivity index (χ4v) is 2.24. The van der Waals surface area contributed by atoms with Gasteiger partial charge in [-0.3, -0.25) is 0 Å². The summed E-state index contributed by atoms with van der Waals surface area (Å²) in [5, 5.41) is 0. The van der Waals surface area contributed by atoms with Crippen molar-refractivity contribution in [1.29, 1.82) is 0 Å². The predicted molar refractivity (Wildman–Crippen MR) is 89.6 cm³/mol. The maximum atomic E-state index is 5.97. The van der Waals surface area contributed by atoms with Crippen molar-refractivity contribution >= 4 is 0 Å². The highest BCUT2D eigenvalue weighted by atomic mass is 16.5. The van der Waals surface area contributed by atoms with Crippen LogP contribution in [0.2, 0.25) is 0 Å². The number of hydrogen-bond acceptors (Lipinski definition) is 3. The number of aromatic nitrogens is 1. The van der Waals surface area contributed by atoms with E-state index >= 15 is 0 Å². The van der Waals surface area contributed by atoms with Gasteiger partial charge >= 0.3 is 0 Å². The van der Waals surface area contributed by atoms with Crippen LogP contribution in [0.3, 0.4) is 0 Å². The molecule has 3 heteroatoms. The minimum atomic E-state index is 0.00958. The highest BCUT2D eigenvalue weighted by molar-refractivity contribution is 5.28. The third-order valence-corrected chi connectivity index (χ3v) is 3.88. The Bertz CT molecular complexity index is 424. The van der Waals surface area contributed by atoms with Crippen molar-refractivity contribution in [3.8, 4) is 5.88 Å². The second kappa shape index (κ2) is 8.38. The number of pyridine rings is 1. The summed E-state index contributed by atoms with van der Waals surface area (Å²) in [6.45, 7) is 12.2. The molecule has 2 N–H and O–H groups in total. The first kappa shape index (κ1) is 18.0. The van der Waals surface area contributed by atoms with Crippen LogP contribution in [0.1, 0.15) is 71.6 Å². The van der Waals surface area contributed by atoms with Gasteiger partial charge in [-0.15, -0.1) is 0 Å². The number of rotatable bonds is 8. The van der Waals surface area contributed by atoms with Gasteiger partial charge in [-0.25, -0.2) is 4.98 Å². The maximum Gasteiger partial charge on any atom is 0.213 e. The van der Waals surface area contributed by atoms with Crippen LogP contribution < -0.4 is 10.5 Å². The first-order valence-electron chi connectivity index (χ1n) is 8.25. The van der Waals surface area contributed by atoms with Crippen LogP contribution in [0.5, 0.6) is 5.88 Å². The summed E-state index contributed by atoms with van der Waals surface area (Å²) in [5.41, 5.74) is 7.94. The van der Waals surface area contributed by atoms with Crippen molar-refractivity contribution in [3.05, 3.63) is 23.4 Å². The quantitative estimate of drug-likeness (QED) is 0.771. The van der Waals surface area contributed by atoms with E-state index in [1.165, 1.54) is 19.3 Å². The average Bonchev–Trinajstić information content (AvgIpc) is 2.46. The summed E-state index contributed by atoms with van der Waals surface area (Å²) in [7, 11) is 0. The molecule has 0 aliphatic heterocycles. The second-order valence-corrected chi connectivity index (χ2v) is 6.88. The molecule has 0 aliphatic rings. The van der Waals surface area contributed by atoms with Gasteiger partial charge in [0.15, 0.2) is 0 Å². The minimum Gasteiger partial charge on any atom is -0.477 e. The summed E-state index contributed by atoms with van der Waals surface area (Å²) in [4.78, 5) is 4.66. The Labute approximate surface area is 130 Å². The van der Waals surface area contributed by atoms with Gasteiger partial charge in [-0.1, -0.05) is 53.9 Å². The zero-order chi connectivity index (χ0) is 15.9. The van der Waals surface area contributed by atoms with Gasteiger partial charge in [0, 0.05) is 18.0 Å². The molecule has 1 unspecified atom stereocenters. The molecular formula is C18H32N2O. The van der Waals surface area contributed by atoms with E-state index in [1.807, 2.05) is 6.07 Å². The number of nitrogens with two attached hydrogens (primary N) is 1. The highest BCUT2D eigenvalue weighted by Crippen LogP contribution is 2.25. The summed E-state index contributed by atoms with van der Waals surface area (Å²) >= 11 is 0. The Hall–Kier alpha value is -1.09. The lowest BCUT2D eigenvalue weighted by atomic mass is 9.91. The molecule has 1 aromatic rings. The van der Waals surface area contributed by atoms with E-state index in [-0.39, 0.29) is 5.41 Å². The molecule has 0 aliphatic carbocycles. The Morgan fingerprint density at radius 1 is 1.24 bits per heavy atom. The van der Waals surface area contributed by atoms with Crippen molar-refractivity contribution in [3.63, 3.8) is 0 Å². The largest absolute Gasteiger partial charge is 0.477 e. The van der Waals surface area contributed by atoms with Gasteiger partial charge < -0.3 is 10.5 Å². The lowest BCUT2D eigenvalue weighted by Gasteiger charge is -2.21. The molecule has 120 valence electrons. The topological polar surface area (TPSA) is 48.1 Å². The van der Waals surface area contributed by atoms with Gasteiger partial charge in [0.05, 0.1) is 12.3 Å². The molecule has 0 saturated heterocycles. The summed E-state index contributed by atoms with van der Waals surface area (Å²) in [6, 6.07) is 4.06. The number of ether oxygens (including phenoxy) is 1. The van der Waals surface area contributed by atoms with Crippen molar-refractivity contribution in [2.45, 2.75) is 72.3 Å². The molecule has 3 nitrogen and oxygen atoms in total. The van der Waals surface area contributed by atoms with Crippen LogP contribution in [0.4, 0.5) is 0 Å². The van der Waals surface area contributed by atoms with Gasteiger partial charge in [0.1, 0.15) is 0 Å². The average molecular weight is 292 g/mol. The maximum absolute atomic E-state index is 5.97. The van der Waals surface area contributed by atoms with Gasteiger partial charge in [0.25, 0.3) is 0 Å². The number of nitrogens with zero attached hydrogens (tertiary/aromatic N) is 1. The smallest absolute Gasteiger partial charge is 0.213 e. The van der Waals surface area contributed by atoms with E-state index in [0.717, 1.165) is 30.2 Å². The first-order valence-corrected chi connectivity index (χ1v) is 8.25. The van der Waals surface area contributed by atoms with E-state index in [1.54, 1.807) is 0 Å². The van der Waals surface area contributed by atoms with E-state index in [2.05, 4.69) is 45.7 Å². The second-order valence-electron chi connectivity index (χ2n) is 6.88. The van der Waals surface area contributed by atoms with Crippen LogP contribution in [0.25, 0.3) is 0 Å².